The fourth-order valence-corrected chi connectivity index (χ4v) is 1.52. The Labute approximate surface area is 117 Å². The van der Waals surface area contributed by atoms with Crippen LogP contribution in [0.15, 0.2) is 35.4 Å². The Hall–Kier alpha value is -2.64. The van der Waals surface area contributed by atoms with E-state index in [0.717, 1.165) is 17.8 Å². The highest BCUT2D eigenvalue weighted by Crippen LogP contribution is 2.28. The lowest BCUT2D eigenvalue weighted by Gasteiger charge is -2.05. The molecule has 0 fully saturated rings. The second kappa shape index (κ2) is 5.78. The fraction of sp³-hybridized carbons (Fsp3) is 0.154. The number of carbonyl (C=O) groups is 1. The number of hydrazone groups is 1. The number of amides is 1. The number of rotatable bonds is 3. The molecule has 0 saturated carbocycles. The Morgan fingerprint density at radius 3 is 2.52 bits per heavy atom. The van der Waals surface area contributed by atoms with Crippen LogP contribution in [0.25, 0.3) is 0 Å². The molecular weight excluding hydrogens is 285 g/mol. The molecule has 0 aliphatic carbocycles. The number of nitrogens with zero attached hydrogens (tertiary/aromatic N) is 2. The first-order valence-corrected chi connectivity index (χ1v) is 5.89. The Morgan fingerprint density at radius 1 is 1.33 bits per heavy atom. The van der Waals surface area contributed by atoms with Crippen LogP contribution in [0, 0.1) is 6.92 Å². The van der Waals surface area contributed by atoms with Gasteiger partial charge in [-0.3, -0.25) is 9.89 Å². The van der Waals surface area contributed by atoms with E-state index >= 15 is 0 Å². The number of carbonyl (C=O) groups excluding carboxylic acids is 1. The Bertz CT molecular complexity index is 659. The fourth-order valence-electron chi connectivity index (χ4n) is 1.52. The van der Waals surface area contributed by atoms with Crippen molar-refractivity contribution in [3.8, 4) is 0 Å². The van der Waals surface area contributed by atoms with E-state index in [2.05, 4.69) is 20.7 Å². The third-order valence-corrected chi connectivity index (χ3v) is 2.56. The van der Waals surface area contributed by atoms with Crippen molar-refractivity contribution in [2.45, 2.75) is 13.1 Å². The van der Waals surface area contributed by atoms with E-state index in [0.29, 0.717) is 5.56 Å². The second-order valence-electron chi connectivity index (χ2n) is 4.26. The predicted molar refractivity (Wildman–Crippen MR) is 69.8 cm³/mol. The van der Waals surface area contributed by atoms with Crippen LogP contribution in [0.3, 0.4) is 0 Å². The van der Waals surface area contributed by atoms with Gasteiger partial charge in [-0.2, -0.15) is 23.4 Å². The maximum atomic E-state index is 12.4. The van der Waals surface area contributed by atoms with E-state index in [4.69, 9.17) is 0 Å². The van der Waals surface area contributed by atoms with Crippen LogP contribution in [0.5, 0.6) is 0 Å². The van der Waals surface area contributed by atoms with Crippen molar-refractivity contribution in [3.05, 3.63) is 52.8 Å². The van der Waals surface area contributed by atoms with Gasteiger partial charge in [0, 0.05) is 5.69 Å². The number of hydrogen-bond donors (Lipinski definition) is 2. The van der Waals surface area contributed by atoms with Crippen molar-refractivity contribution < 1.29 is 18.0 Å². The third-order valence-electron chi connectivity index (χ3n) is 2.56. The number of alkyl halides is 3. The summed E-state index contributed by atoms with van der Waals surface area (Å²) in [7, 11) is 0. The molecule has 2 aromatic rings. The minimum Gasteiger partial charge on any atom is -0.282 e. The zero-order chi connectivity index (χ0) is 15.5. The molecule has 21 heavy (non-hydrogen) atoms. The SMILES string of the molecule is Cc1cc(C(=O)N/N=C\c2ccc(C(F)(F)F)cc2)n[nH]1. The average molecular weight is 296 g/mol. The lowest BCUT2D eigenvalue weighted by atomic mass is 10.1. The molecule has 0 saturated heterocycles. The molecule has 110 valence electrons. The maximum Gasteiger partial charge on any atom is 0.416 e. The number of aryl methyl sites for hydroxylation is 1. The molecule has 5 nitrogen and oxygen atoms in total. The average Bonchev–Trinajstić information content (AvgIpc) is 2.85. The summed E-state index contributed by atoms with van der Waals surface area (Å²) in [5, 5.41) is 10.0. The Morgan fingerprint density at radius 2 is 2.00 bits per heavy atom. The molecule has 0 aliphatic heterocycles. The summed E-state index contributed by atoms with van der Waals surface area (Å²) in [6.45, 7) is 1.75. The molecule has 8 heteroatoms. The van der Waals surface area contributed by atoms with E-state index in [-0.39, 0.29) is 5.69 Å². The van der Waals surface area contributed by atoms with Gasteiger partial charge in [0.1, 0.15) is 0 Å². The van der Waals surface area contributed by atoms with Gasteiger partial charge in [-0.1, -0.05) is 12.1 Å². The number of hydrogen-bond acceptors (Lipinski definition) is 3. The number of nitrogens with one attached hydrogen (secondary N) is 2. The lowest BCUT2D eigenvalue weighted by Crippen LogP contribution is -2.18. The van der Waals surface area contributed by atoms with Crippen molar-refractivity contribution in [2.24, 2.45) is 5.10 Å². The van der Waals surface area contributed by atoms with Gasteiger partial charge in [0.25, 0.3) is 5.91 Å². The number of aromatic amines is 1. The molecule has 0 atom stereocenters. The van der Waals surface area contributed by atoms with Crippen LogP contribution in [0.4, 0.5) is 13.2 Å². The number of halogens is 3. The topological polar surface area (TPSA) is 70.1 Å². The molecule has 1 amide bonds. The number of benzene rings is 1. The van der Waals surface area contributed by atoms with E-state index in [1.54, 1.807) is 13.0 Å². The molecule has 0 bridgehead atoms. The van der Waals surface area contributed by atoms with Gasteiger partial charge in [0.2, 0.25) is 0 Å². The van der Waals surface area contributed by atoms with Gasteiger partial charge < -0.3 is 0 Å². The van der Waals surface area contributed by atoms with Gasteiger partial charge in [0.05, 0.1) is 11.8 Å². The first kappa shape index (κ1) is 14.8. The minimum absolute atomic E-state index is 0.178. The molecule has 0 radical (unpaired) electrons. The van der Waals surface area contributed by atoms with Gasteiger partial charge in [0.15, 0.2) is 5.69 Å². The first-order chi connectivity index (χ1) is 9.86. The van der Waals surface area contributed by atoms with Gasteiger partial charge >= 0.3 is 6.18 Å². The highest BCUT2D eigenvalue weighted by molar-refractivity contribution is 5.93. The lowest BCUT2D eigenvalue weighted by molar-refractivity contribution is -0.137. The largest absolute Gasteiger partial charge is 0.416 e. The summed E-state index contributed by atoms with van der Waals surface area (Å²) >= 11 is 0. The van der Waals surface area contributed by atoms with E-state index < -0.39 is 17.6 Å². The monoisotopic (exact) mass is 296 g/mol. The minimum atomic E-state index is -4.37. The molecular formula is C13H11F3N4O. The standard InChI is InChI=1S/C13H11F3N4O/c1-8-6-11(19-18-8)12(21)20-17-7-9-2-4-10(5-3-9)13(14,15)16/h2-7H,1H3,(H,18,19)(H,20,21)/b17-7-. The summed E-state index contributed by atoms with van der Waals surface area (Å²) < 4.78 is 37.1. The van der Waals surface area contributed by atoms with Gasteiger partial charge in [-0.15, -0.1) is 0 Å². The van der Waals surface area contributed by atoms with Crippen LogP contribution in [-0.2, 0) is 6.18 Å². The summed E-state index contributed by atoms with van der Waals surface area (Å²) in [6.07, 6.45) is -3.13. The van der Waals surface area contributed by atoms with E-state index in [9.17, 15) is 18.0 Å². The second-order valence-corrected chi connectivity index (χ2v) is 4.26. The normalized spacial score (nSPS) is 11.8. The first-order valence-electron chi connectivity index (χ1n) is 5.89. The zero-order valence-corrected chi connectivity index (χ0v) is 10.9. The van der Waals surface area contributed by atoms with Crippen molar-refractivity contribution in [1.82, 2.24) is 15.6 Å². The molecule has 1 heterocycles. The molecule has 2 rings (SSSR count). The number of H-pyrrole nitrogens is 1. The molecule has 1 aromatic carbocycles. The van der Waals surface area contributed by atoms with Crippen LogP contribution in [-0.4, -0.2) is 22.3 Å². The smallest absolute Gasteiger partial charge is 0.282 e. The molecule has 0 unspecified atom stereocenters. The summed E-state index contributed by atoms with van der Waals surface area (Å²) in [4.78, 5) is 11.6. The van der Waals surface area contributed by atoms with Crippen molar-refractivity contribution >= 4 is 12.1 Å². The number of aromatic nitrogens is 2. The predicted octanol–water partition coefficient (Wildman–Crippen LogP) is 2.50. The maximum absolute atomic E-state index is 12.4. The van der Waals surface area contributed by atoms with Crippen LogP contribution in [0.1, 0.15) is 27.3 Å². The zero-order valence-electron chi connectivity index (χ0n) is 10.9. The Balaban J connectivity index is 1.97. The third kappa shape index (κ3) is 3.91. The van der Waals surface area contributed by atoms with Crippen molar-refractivity contribution in [1.29, 1.82) is 0 Å². The quantitative estimate of drug-likeness (QED) is 0.675. The van der Waals surface area contributed by atoms with Crippen LogP contribution >= 0.6 is 0 Å². The van der Waals surface area contributed by atoms with E-state index in [1.807, 2.05) is 0 Å². The summed E-state index contributed by atoms with van der Waals surface area (Å²) in [5.41, 5.74) is 2.83. The Kier molecular flexibility index (Phi) is 4.06. The van der Waals surface area contributed by atoms with Crippen LogP contribution < -0.4 is 5.43 Å². The molecule has 0 spiro atoms. The van der Waals surface area contributed by atoms with Gasteiger partial charge in [-0.05, 0) is 30.7 Å². The highest BCUT2D eigenvalue weighted by atomic mass is 19.4. The van der Waals surface area contributed by atoms with Crippen LogP contribution in [0.2, 0.25) is 0 Å². The summed E-state index contributed by atoms with van der Waals surface area (Å²) in [6, 6.07) is 5.96. The van der Waals surface area contributed by atoms with E-state index in [1.165, 1.54) is 18.3 Å². The van der Waals surface area contributed by atoms with Gasteiger partial charge in [-0.25, -0.2) is 5.43 Å². The molecule has 2 N–H and O–H groups in total. The summed E-state index contributed by atoms with van der Waals surface area (Å²) in [5.74, 6) is -0.512. The molecule has 0 aliphatic rings. The van der Waals surface area contributed by atoms with Crippen molar-refractivity contribution in [3.63, 3.8) is 0 Å². The highest BCUT2D eigenvalue weighted by Gasteiger charge is 2.29. The molecule has 1 aromatic heterocycles. The van der Waals surface area contributed by atoms with Crippen molar-refractivity contribution in [2.75, 3.05) is 0 Å².